The highest BCUT2D eigenvalue weighted by molar-refractivity contribution is 6.03. The van der Waals surface area contributed by atoms with Gasteiger partial charge in [-0.1, -0.05) is 0 Å². The second-order valence-corrected chi connectivity index (χ2v) is 5.06. The first-order valence-corrected chi connectivity index (χ1v) is 7.77. The van der Waals surface area contributed by atoms with Gasteiger partial charge in [0.05, 0.1) is 19.9 Å². The Morgan fingerprint density at radius 2 is 2.00 bits per heavy atom. The van der Waals surface area contributed by atoms with Crippen molar-refractivity contribution in [3.63, 3.8) is 0 Å². The summed E-state index contributed by atoms with van der Waals surface area (Å²) in [6, 6.07) is 6.69. The number of nitrogens with one attached hydrogen (secondary N) is 2. The summed E-state index contributed by atoms with van der Waals surface area (Å²) in [6.45, 7) is 1.30. The number of carbonyl (C=O) groups is 1. The van der Waals surface area contributed by atoms with E-state index in [1.165, 1.54) is 13.3 Å². The van der Waals surface area contributed by atoms with Crippen LogP contribution >= 0.6 is 0 Å². The third-order valence-electron chi connectivity index (χ3n) is 3.35. The van der Waals surface area contributed by atoms with Crippen LogP contribution in [0.3, 0.4) is 0 Å². The lowest BCUT2D eigenvalue weighted by Gasteiger charge is -2.11. The molecule has 1 amide bonds. The van der Waals surface area contributed by atoms with Crippen LogP contribution < -0.4 is 20.1 Å². The maximum atomic E-state index is 12.4. The molecule has 2 rings (SSSR count). The summed E-state index contributed by atoms with van der Waals surface area (Å²) in [6.07, 6.45) is 2.35. The molecule has 0 aliphatic heterocycles. The lowest BCUT2D eigenvalue weighted by molar-refractivity contribution is 0.102. The summed E-state index contributed by atoms with van der Waals surface area (Å²) >= 11 is 0. The molecule has 0 aliphatic rings. The Balaban J connectivity index is 2.05. The van der Waals surface area contributed by atoms with Crippen molar-refractivity contribution in [2.75, 3.05) is 45.1 Å². The normalized spacial score (nSPS) is 10.2. The first-order valence-electron chi connectivity index (χ1n) is 7.77. The van der Waals surface area contributed by atoms with E-state index in [-0.39, 0.29) is 11.6 Å². The molecule has 134 valence electrons. The van der Waals surface area contributed by atoms with Crippen LogP contribution in [0, 0.1) is 0 Å². The van der Waals surface area contributed by atoms with E-state index in [1.807, 2.05) is 0 Å². The van der Waals surface area contributed by atoms with Gasteiger partial charge in [0.1, 0.15) is 17.2 Å². The Hall–Kier alpha value is -2.87. The molecule has 8 heteroatoms. The van der Waals surface area contributed by atoms with Gasteiger partial charge in [-0.2, -0.15) is 0 Å². The van der Waals surface area contributed by atoms with Gasteiger partial charge in [-0.3, -0.25) is 4.79 Å². The first-order chi connectivity index (χ1) is 12.2. The minimum Gasteiger partial charge on any atom is -0.497 e. The second-order valence-electron chi connectivity index (χ2n) is 5.06. The molecule has 25 heavy (non-hydrogen) atoms. The molecule has 1 aromatic carbocycles. The van der Waals surface area contributed by atoms with E-state index in [1.54, 1.807) is 38.5 Å². The number of methoxy groups -OCH3 is 3. The number of rotatable bonds is 9. The molecule has 0 unspecified atom stereocenters. The second kappa shape index (κ2) is 9.43. The summed E-state index contributed by atoms with van der Waals surface area (Å²) in [5.41, 5.74) is 0.781. The van der Waals surface area contributed by atoms with Crippen LogP contribution in [0.4, 0.5) is 11.6 Å². The fraction of sp³-hybridized carbons (Fsp3) is 0.353. The van der Waals surface area contributed by atoms with Gasteiger partial charge >= 0.3 is 0 Å². The molecule has 2 N–H and O–H groups in total. The van der Waals surface area contributed by atoms with Crippen LogP contribution in [-0.4, -0.2) is 50.4 Å². The van der Waals surface area contributed by atoms with Gasteiger partial charge in [0.2, 0.25) is 5.95 Å². The summed E-state index contributed by atoms with van der Waals surface area (Å²) in [4.78, 5) is 20.7. The number of nitrogens with zero attached hydrogens (tertiary/aromatic N) is 2. The van der Waals surface area contributed by atoms with Crippen molar-refractivity contribution < 1.29 is 19.0 Å². The van der Waals surface area contributed by atoms with Crippen LogP contribution in [0.1, 0.15) is 16.9 Å². The minimum absolute atomic E-state index is 0.252. The van der Waals surface area contributed by atoms with E-state index in [4.69, 9.17) is 14.2 Å². The van der Waals surface area contributed by atoms with Crippen molar-refractivity contribution in [2.45, 2.75) is 6.42 Å². The lowest BCUT2D eigenvalue weighted by atomic mass is 10.2. The van der Waals surface area contributed by atoms with Crippen molar-refractivity contribution in [1.29, 1.82) is 0 Å². The molecular weight excluding hydrogens is 324 g/mol. The van der Waals surface area contributed by atoms with Gasteiger partial charge in [-0.05, 0) is 24.6 Å². The lowest BCUT2D eigenvalue weighted by Crippen LogP contribution is -2.16. The highest BCUT2D eigenvalue weighted by Crippen LogP contribution is 2.29. The van der Waals surface area contributed by atoms with Crippen LogP contribution in [0.5, 0.6) is 11.5 Å². The van der Waals surface area contributed by atoms with Gasteiger partial charge in [0, 0.05) is 32.5 Å². The van der Waals surface area contributed by atoms with Crippen molar-refractivity contribution in [1.82, 2.24) is 9.97 Å². The maximum Gasteiger partial charge on any atom is 0.274 e. The first kappa shape index (κ1) is 18.5. The summed E-state index contributed by atoms with van der Waals surface area (Å²) in [5.74, 6) is 1.18. The van der Waals surface area contributed by atoms with Crippen LogP contribution in [0.15, 0.2) is 30.5 Å². The molecule has 8 nitrogen and oxygen atoms in total. The van der Waals surface area contributed by atoms with Crippen molar-refractivity contribution in [3.05, 3.63) is 36.2 Å². The van der Waals surface area contributed by atoms with Crippen LogP contribution in [0.2, 0.25) is 0 Å². The highest BCUT2D eigenvalue weighted by atomic mass is 16.5. The molecule has 1 aromatic heterocycles. The molecule has 0 radical (unpaired) electrons. The Labute approximate surface area is 146 Å². The molecule has 0 saturated heterocycles. The molecule has 0 aliphatic carbocycles. The quantitative estimate of drug-likeness (QED) is 0.672. The van der Waals surface area contributed by atoms with Gasteiger partial charge in [-0.25, -0.2) is 9.97 Å². The fourth-order valence-electron chi connectivity index (χ4n) is 2.08. The largest absolute Gasteiger partial charge is 0.497 e. The monoisotopic (exact) mass is 346 g/mol. The summed E-state index contributed by atoms with van der Waals surface area (Å²) < 4.78 is 15.4. The zero-order valence-electron chi connectivity index (χ0n) is 14.5. The van der Waals surface area contributed by atoms with Crippen molar-refractivity contribution in [2.24, 2.45) is 0 Å². The van der Waals surface area contributed by atoms with E-state index in [0.717, 1.165) is 6.42 Å². The fourth-order valence-corrected chi connectivity index (χ4v) is 2.08. The molecule has 0 spiro atoms. The standard InChI is InChI=1S/C17H22N4O4/c1-23-10-4-8-18-17-19-9-7-14(21-17)16(22)20-13-6-5-12(24-2)11-15(13)25-3/h5-7,9,11H,4,8,10H2,1-3H3,(H,20,22)(H,18,19,21). The van der Waals surface area contributed by atoms with Gasteiger partial charge in [0.15, 0.2) is 0 Å². The zero-order chi connectivity index (χ0) is 18.1. The van der Waals surface area contributed by atoms with E-state index >= 15 is 0 Å². The number of aromatic nitrogens is 2. The number of carbonyl (C=O) groups excluding carboxylic acids is 1. The maximum absolute atomic E-state index is 12.4. The minimum atomic E-state index is -0.356. The Bertz CT molecular complexity index is 709. The average Bonchev–Trinajstić information content (AvgIpc) is 2.65. The number of ether oxygens (including phenoxy) is 3. The number of anilines is 2. The van der Waals surface area contributed by atoms with Crippen molar-refractivity contribution in [3.8, 4) is 11.5 Å². The topological polar surface area (TPSA) is 94.6 Å². The van der Waals surface area contributed by atoms with Gasteiger partial charge in [-0.15, -0.1) is 0 Å². The number of benzene rings is 1. The van der Waals surface area contributed by atoms with E-state index in [0.29, 0.717) is 36.3 Å². The Kier molecular flexibility index (Phi) is 6.97. The number of amides is 1. The summed E-state index contributed by atoms with van der Waals surface area (Å²) in [7, 11) is 4.74. The van der Waals surface area contributed by atoms with Crippen LogP contribution in [0.25, 0.3) is 0 Å². The molecule has 2 aromatic rings. The predicted octanol–water partition coefficient (Wildman–Crippen LogP) is 2.19. The molecule has 0 fully saturated rings. The van der Waals surface area contributed by atoms with E-state index in [9.17, 15) is 4.79 Å². The molecule has 0 saturated carbocycles. The average molecular weight is 346 g/mol. The third-order valence-corrected chi connectivity index (χ3v) is 3.35. The Morgan fingerprint density at radius 1 is 1.16 bits per heavy atom. The van der Waals surface area contributed by atoms with Gasteiger partial charge in [0.25, 0.3) is 5.91 Å². The predicted molar refractivity (Wildman–Crippen MR) is 94.5 cm³/mol. The van der Waals surface area contributed by atoms with E-state index in [2.05, 4.69) is 20.6 Å². The highest BCUT2D eigenvalue weighted by Gasteiger charge is 2.13. The SMILES string of the molecule is COCCCNc1nccc(C(=O)Nc2ccc(OC)cc2OC)n1. The smallest absolute Gasteiger partial charge is 0.274 e. The molecule has 0 bridgehead atoms. The third kappa shape index (κ3) is 5.32. The number of hydrogen-bond acceptors (Lipinski definition) is 7. The summed E-state index contributed by atoms with van der Waals surface area (Å²) in [5, 5.41) is 5.83. The van der Waals surface area contributed by atoms with Gasteiger partial charge < -0.3 is 24.8 Å². The molecular formula is C17H22N4O4. The Morgan fingerprint density at radius 3 is 2.72 bits per heavy atom. The molecule has 0 atom stereocenters. The molecule has 1 heterocycles. The van der Waals surface area contributed by atoms with Crippen LogP contribution in [-0.2, 0) is 4.74 Å². The number of hydrogen-bond donors (Lipinski definition) is 2. The van der Waals surface area contributed by atoms with E-state index < -0.39 is 0 Å². The zero-order valence-corrected chi connectivity index (χ0v) is 14.5. The van der Waals surface area contributed by atoms with Crippen molar-refractivity contribution >= 4 is 17.5 Å².